The van der Waals surface area contributed by atoms with Gasteiger partial charge in [-0.25, -0.2) is 13.4 Å². The average Bonchev–Trinajstić information content (AvgIpc) is 3.17. The first-order valence-corrected chi connectivity index (χ1v) is 12.0. The number of rotatable bonds is 6. The Labute approximate surface area is 171 Å². The number of piperidine rings is 1. The van der Waals surface area contributed by atoms with E-state index in [-0.39, 0.29) is 16.8 Å². The van der Waals surface area contributed by atoms with Crippen LogP contribution in [-0.2, 0) is 10.0 Å². The zero-order valence-electron chi connectivity index (χ0n) is 16.5. The molecule has 1 aliphatic rings. The summed E-state index contributed by atoms with van der Waals surface area (Å²) in [6, 6.07) is 6.22. The number of carbonyl (C=O) groups is 1. The molecule has 2 aromatic rings. The molecule has 8 heteroatoms. The van der Waals surface area contributed by atoms with E-state index in [2.05, 4.69) is 10.3 Å². The molecule has 2 heterocycles. The molecule has 1 atom stereocenters. The standard InChI is InChI=1S/C20H27N3O3S2/c1-4-16-7-5-6-12-23(16)28(25,26)17-10-8-15(9-11-17)19(24)22-20-21-18(13-27-20)14(2)3/h8-11,13-14,16H,4-7,12H2,1-3H3,(H,21,22,24). The van der Waals surface area contributed by atoms with Gasteiger partial charge in [0.05, 0.1) is 10.6 Å². The number of nitrogens with one attached hydrogen (secondary N) is 1. The number of amides is 1. The van der Waals surface area contributed by atoms with E-state index < -0.39 is 10.0 Å². The summed E-state index contributed by atoms with van der Waals surface area (Å²) in [6.07, 6.45) is 3.68. The number of thiazole rings is 1. The van der Waals surface area contributed by atoms with Crippen LogP contribution in [0.1, 0.15) is 68.4 Å². The van der Waals surface area contributed by atoms with Crippen molar-refractivity contribution in [3.63, 3.8) is 0 Å². The van der Waals surface area contributed by atoms with Crippen molar-refractivity contribution < 1.29 is 13.2 Å². The Morgan fingerprint density at radius 1 is 1.29 bits per heavy atom. The maximum Gasteiger partial charge on any atom is 0.257 e. The third-order valence-electron chi connectivity index (χ3n) is 5.10. The second kappa shape index (κ2) is 8.71. The van der Waals surface area contributed by atoms with Crippen molar-refractivity contribution in [2.45, 2.75) is 63.3 Å². The summed E-state index contributed by atoms with van der Waals surface area (Å²) in [4.78, 5) is 17.1. The summed E-state index contributed by atoms with van der Waals surface area (Å²) in [7, 11) is -3.54. The molecule has 1 saturated heterocycles. The number of sulfonamides is 1. The van der Waals surface area contributed by atoms with Gasteiger partial charge in [-0.15, -0.1) is 11.3 Å². The number of anilines is 1. The Morgan fingerprint density at radius 3 is 2.61 bits per heavy atom. The number of carbonyl (C=O) groups excluding carboxylic acids is 1. The number of benzene rings is 1. The molecule has 1 aliphatic heterocycles. The average molecular weight is 422 g/mol. The molecule has 152 valence electrons. The van der Waals surface area contributed by atoms with E-state index in [9.17, 15) is 13.2 Å². The topological polar surface area (TPSA) is 79.4 Å². The van der Waals surface area contributed by atoms with Gasteiger partial charge in [0.2, 0.25) is 10.0 Å². The first kappa shape index (κ1) is 21.0. The fourth-order valence-electron chi connectivity index (χ4n) is 3.39. The predicted molar refractivity (Wildman–Crippen MR) is 112 cm³/mol. The van der Waals surface area contributed by atoms with Crippen LogP contribution >= 0.6 is 11.3 Å². The smallest absolute Gasteiger partial charge is 0.257 e. The largest absolute Gasteiger partial charge is 0.298 e. The van der Waals surface area contributed by atoms with Crippen molar-refractivity contribution in [1.29, 1.82) is 0 Å². The molecule has 1 fully saturated rings. The molecular weight excluding hydrogens is 394 g/mol. The zero-order valence-corrected chi connectivity index (χ0v) is 18.1. The molecule has 0 saturated carbocycles. The lowest BCUT2D eigenvalue weighted by atomic mass is 10.0. The first-order valence-electron chi connectivity index (χ1n) is 9.71. The molecule has 0 radical (unpaired) electrons. The van der Waals surface area contributed by atoms with Gasteiger partial charge in [-0.3, -0.25) is 10.1 Å². The minimum absolute atomic E-state index is 0.0572. The van der Waals surface area contributed by atoms with Crippen LogP contribution in [0.3, 0.4) is 0 Å². The van der Waals surface area contributed by atoms with Crippen molar-refractivity contribution in [1.82, 2.24) is 9.29 Å². The Balaban J connectivity index is 1.74. The van der Waals surface area contributed by atoms with Gasteiger partial charge in [-0.1, -0.05) is 27.2 Å². The maximum atomic E-state index is 13.0. The van der Waals surface area contributed by atoms with Crippen molar-refractivity contribution in [3.05, 3.63) is 40.9 Å². The van der Waals surface area contributed by atoms with Crippen LogP contribution in [-0.4, -0.2) is 36.2 Å². The van der Waals surface area contributed by atoms with Crippen molar-refractivity contribution >= 4 is 32.4 Å². The minimum atomic E-state index is -3.54. The normalized spacial score (nSPS) is 18.4. The van der Waals surface area contributed by atoms with E-state index in [0.29, 0.717) is 23.2 Å². The molecule has 0 aliphatic carbocycles. The molecule has 1 unspecified atom stereocenters. The fraction of sp³-hybridized carbons (Fsp3) is 0.500. The van der Waals surface area contributed by atoms with Gasteiger partial charge < -0.3 is 0 Å². The maximum absolute atomic E-state index is 13.0. The van der Waals surface area contributed by atoms with Gasteiger partial charge in [0, 0.05) is 23.5 Å². The van der Waals surface area contributed by atoms with E-state index in [1.54, 1.807) is 16.4 Å². The van der Waals surface area contributed by atoms with Gasteiger partial charge in [0.1, 0.15) is 0 Å². The lowest BCUT2D eigenvalue weighted by Crippen LogP contribution is -2.43. The molecule has 0 bridgehead atoms. The molecule has 1 aromatic carbocycles. The van der Waals surface area contributed by atoms with E-state index in [4.69, 9.17) is 0 Å². The van der Waals surface area contributed by atoms with Crippen molar-refractivity contribution in [3.8, 4) is 0 Å². The van der Waals surface area contributed by atoms with E-state index >= 15 is 0 Å². The van der Waals surface area contributed by atoms with E-state index in [1.165, 1.54) is 23.5 Å². The Bertz CT molecular complexity index is 920. The third-order valence-corrected chi connectivity index (χ3v) is 7.84. The quantitative estimate of drug-likeness (QED) is 0.746. The molecule has 1 aromatic heterocycles. The summed E-state index contributed by atoms with van der Waals surface area (Å²) < 4.78 is 27.6. The molecule has 6 nitrogen and oxygen atoms in total. The van der Waals surface area contributed by atoms with Crippen LogP contribution in [0.2, 0.25) is 0 Å². The van der Waals surface area contributed by atoms with Crippen LogP contribution in [0, 0.1) is 0 Å². The number of nitrogens with zero attached hydrogens (tertiary/aromatic N) is 2. The molecule has 1 amide bonds. The molecule has 1 N–H and O–H groups in total. The van der Waals surface area contributed by atoms with Gasteiger partial charge in [-0.05, 0) is 49.4 Å². The predicted octanol–water partition coefficient (Wildman–Crippen LogP) is 4.47. The SMILES string of the molecule is CCC1CCCCN1S(=O)(=O)c1ccc(C(=O)Nc2nc(C(C)C)cs2)cc1. The highest BCUT2D eigenvalue weighted by atomic mass is 32.2. The number of hydrogen-bond acceptors (Lipinski definition) is 5. The highest BCUT2D eigenvalue weighted by Crippen LogP contribution is 2.27. The monoisotopic (exact) mass is 421 g/mol. The molecule has 28 heavy (non-hydrogen) atoms. The summed E-state index contributed by atoms with van der Waals surface area (Å²) in [5.41, 5.74) is 1.35. The first-order chi connectivity index (χ1) is 13.3. The Morgan fingerprint density at radius 2 is 2.00 bits per heavy atom. The minimum Gasteiger partial charge on any atom is -0.298 e. The van der Waals surface area contributed by atoms with Crippen LogP contribution < -0.4 is 5.32 Å². The van der Waals surface area contributed by atoms with E-state index in [1.807, 2.05) is 26.2 Å². The molecular formula is C20H27N3O3S2. The zero-order chi connectivity index (χ0) is 20.3. The van der Waals surface area contributed by atoms with Crippen LogP contribution in [0.25, 0.3) is 0 Å². The van der Waals surface area contributed by atoms with Gasteiger partial charge in [0.25, 0.3) is 5.91 Å². The number of hydrogen-bond donors (Lipinski definition) is 1. The fourth-order valence-corrected chi connectivity index (χ4v) is 6.02. The third kappa shape index (κ3) is 4.45. The second-order valence-corrected chi connectivity index (χ2v) is 10.1. The van der Waals surface area contributed by atoms with Crippen molar-refractivity contribution in [2.24, 2.45) is 0 Å². The summed E-state index contributed by atoms with van der Waals surface area (Å²) in [5, 5.41) is 5.25. The summed E-state index contributed by atoms with van der Waals surface area (Å²) >= 11 is 1.38. The lowest BCUT2D eigenvalue weighted by molar-refractivity contribution is 0.102. The van der Waals surface area contributed by atoms with Gasteiger partial charge >= 0.3 is 0 Å². The summed E-state index contributed by atoms with van der Waals surface area (Å²) in [6.45, 7) is 6.68. The lowest BCUT2D eigenvalue weighted by Gasteiger charge is -2.34. The number of aromatic nitrogens is 1. The highest BCUT2D eigenvalue weighted by molar-refractivity contribution is 7.89. The van der Waals surface area contributed by atoms with Crippen LogP contribution in [0.5, 0.6) is 0 Å². The Hall–Kier alpha value is -1.77. The summed E-state index contributed by atoms with van der Waals surface area (Å²) in [5.74, 6) is 0.00568. The van der Waals surface area contributed by atoms with Crippen molar-refractivity contribution in [2.75, 3.05) is 11.9 Å². The molecule has 0 spiro atoms. The van der Waals surface area contributed by atoms with Crippen LogP contribution in [0.15, 0.2) is 34.5 Å². The molecule has 3 rings (SSSR count). The van der Waals surface area contributed by atoms with E-state index in [0.717, 1.165) is 31.4 Å². The second-order valence-electron chi connectivity index (χ2n) is 7.38. The highest BCUT2D eigenvalue weighted by Gasteiger charge is 2.32. The Kier molecular flexibility index (Phi) is 6.52. The van der Waals surface area contributed by atoms with Crippen LogP contribution in [0.4, 0.5) is 5.13 Å². The van der Waals surface area contributed by atoms with Gasteiger partial charge in [-0.2, -0.15) is 4.31 Å². The van der Waals surface area contributed by atoms with Gasteiger partial charge in [0.15, 0.2) is 5.13 Å².